The summed E-state index contributed by atoms with van der Waals surface area (Å²) in [5.41, 5.74) is 0. The molecule has 1 fully saturated rings. The lowest BCUT2D eigenvalue weighted by Crippen LogP contribution is -2.64. The van der Waals surface area contributed by atoms with Gasteiger partial charge in [-0.15, -0.1) is 0 Å². The topological polar surface area (TPSA) is 210 Å². The van der Waals surface area contributed by atoms with E-state index >= 15 is 0 Å². The van der Waals surface area contributed by atoms with Crippen LogP contribution in [0, 0.1) is 0 Å². The smallest absolute Gasteiger partial charge is 0.462 e. The van der Waals surface area contributed by atoms with Gasteiger partial charge in [0.25, 0.3) is 0 Å². The van der Waals surface area contributed by atoms with Gasteiger partial charge in [0, 0.05) is 12.8 Å². The van der Waals surface area contributed by atoms with Gasteiger partial charge in [0.15, 0.2) is 6.10 Å². The molecule has 13 nitrogen and oxygen atoms in total. The number of carbonyl (C=O) groups is 2. The van der Waals surface area contributed by atoms with Crippen LogP contribution in [0.15, 0.2) is 0 Å². The summed E-state index contributed by atoms with van der Waals surface area (Å²) < 4.78 is 33.2. The van der Waals surface area contributed by atoms with Gasteiger partial charge in [-0.2, -0.15) is 0 Å². The normalized spacial score (nSPS) is 24.3. The fourth-order valence-corrected chi connectivity index (χ4v) is 6.79. The third kappa shape index (κ3) is 21.1. The first-order chi connectivity index (χ1) is 23.4. The van der Waals surface area contributed by atoms with E-state index in [1.807, 2.05) is 0 Å². The maximum absolute atomic E-state index is 12.7. The van der Waals surface area contributed by atoms with Gasteiger partial charge in [-0.05, 0) is 12.8 Å². The maximum atomic E-state index is 12.7. The number of rotatable bonds is 30. The number of unbranched alkanes of at least 4 members (excludes halogenated alkanes) is 18. The van der Waals surface area contributed by atoms with Crippen molar-refractivity contribution in [2.24, 2.45) is 0 Å². The molecule has 0 heterocycles. The molecule has 290 valence electrons. The van der Waals surface area contributed by atoms with Gasteiger partial charge in [0.1, 0.15) is 43.2 Å². The van der Waals surface area contributed by atoms with Gasteiger partial charge in [-0.25, -0.2) is 4.57 Å². The maximum Gasteiger partial charge on any atom is 0.472 e. The lowest BCUT2D eigenvalue weighted by Gasteiger charge is -2.41. The van der Waals surface area contributed by atoms with Gasteiger partial charge >= 0.3 is 19.8 Å². The molecule has 0 aromatic carbocycles. The molecule has 0 bridgehead atoms. The summed E-state index contributed by atoms with van der Waals surface area (Å²) in [7, 11) is -5.09. The zero-order valence-corrected chi connectivity index (χ0v) is 30.9. The van der Waals surface area contributed by atoms with Crippen LogP contribution in [0.3, 0.4) is 0 Å². The molecule has 6 N–H and O–H groups in total. The minimum Gasteiger partial charge on any atom is -0.462 e. The summed E-state index contributed by atoms with van der Waals surface area (Å²) in [5.74, 6) is -1.10. The van der Waals surface area contributed by atoms with Crippen LogP contribution >= 0.6 is 7.82 Å². The van der Waals surface area contributed by atoms with Gasteiger partial charge in [-0.3, -0.25) is 18.6 Å². The number of phosphoric acid groups is 1. The van der Waals surface area contributed by atoms with E-state index in [2.05, 4.69) is 13.8 Å². The summed E-state index contributed by atoms with van der Waals surface area (Å²) in [4.78, 5) is 35.2. The summed E-state index contributed by atoms with van der Waals surface area (Å²) in [6.45, 7) is 3.21. The molecule has 0 saturated heterocycles. The lowest BCUT2D eigenvalue weighted by atomic mass is 9.85. The van der Waals surface area contributed by atoms with E-state index in [0.717, 1.165) is 51.4 Å². The Balaban J connectivity index is 2.54. The third-order valence-corrected chi connectivity index (χ3v) is 9.93. The van der Waals surface area contributed by atoms with Crippen molar-refractivity contribution in [2.45, 2.75) is 198 Å². The van der Waals surface area contributed by atoms with Crippen LogP contribution in [-0.2, 0) is 32.7 Å². The van der Waals surface area contributed by atoms with E-state index < -0.39 is 75.7 Å². The van der Waals surface area contributed by atoms with Crippen molar-refractivity contribution in [3.63, 3.8) is 0 Å². The molecule has 0 spiro atoms. The predicted octanol–water partition coefficient (Wildman–Crippen LogP) is 5.38. The molecule has 0 radical (unpaired) electrons. The number of carbonyl (C=O) groups excluding carboxylic acids is 2. The van der Waals surface area contributed by atoms with Gasteiger partial charge < -0.3 is 39.9 Å². The fourth-order valence-electron chi connectivity index (χ4n) is 5.82. The zero-order valence-electron chi connectivity index (χ0n) is 30.0. The first-order valence-corrected chi connectivity index (χ1v) is 20.3. The second-order valence-electron chi connectivity index (χ2n) is 13.4. The van der Waals surface area contributed by atoms with E-state index in [-0.39, 0.29) is 12.8 Å². The molecule has 0 aromatic rings. The average molecular weight is 727 g/mol. The Morgan fingerprint density at radius 1 is 0.551 bits per heavy atom. The van der Waals surface area contributed by atoms with Crippen LogP contribution in [0.5, 0.6) is 0 Å². The van der Waals surface area contributed by atoms with Crippen molar-refractivity contribution in [2.75, 3.05) is 13.2 Å². The Morgan fingerprint density at radius 3 is 1.35 bits per heavy atom. The minimum atomic E-state index is -5.09. The molecule has 1 rings (SSSR count). The Hall–Kier alpha value is -1.15. The summed E-state index contributed by atoms with van der Waals surface area (Å²) >= 11 is 0. The highest BCUT2D eigenvalue weighted by Gasteiger charge is 2.51. The van der Waals surface area contributed by atoms with Crippen molar-refractivity contribution >= 4 is 19.8 Å². The van der Waals surface area contributed by atoms with E-state index in [9.17, 15) is 44.6 Å². The zero-order chi connectivity index (χ0) is 36.5. The first kappa shape index (κ1) is 45.9. The number of aliphatic hydroxyl groups is 5. The highest BCUT2D eigenvalue weighted by molar-refractivity contribution is 7.47. The van der Waals surface area contributed by atoms with Crippen molar-refractivity contribution in [3.8, 4) is 0 Å². The summed E-state index contributed by atoms with van der Waals surface area (Å²) in [6.07, 6.45) is 9.25. The third-order valence-electron chi connectivity index (χ3n) is 8.95. The number of hydrogen-bond donors (Lipinski definition) is 6. The van der Waals surface area contributed by atoms with Gasteiger partial charge in [0.2, 0.25) is 0 Å². The van der Waals surface area contributed by atoms with E-state index in [4.69, 9.17) is 18.5 Å². The summed E-state index contributed by atoms with van der Waals surface area (Å²) in [5, 5.41) is 49.8. The van der Waals surface area contributed by atoms with E-state index in [1.54, 1.807) is 0 Å². The van der Waals surface area contributed by atoms with Crippen molar-refractivity contribution in [1.82, 2.24) is 0 Å². The molecule has 0 aromatic heterocycles. The quantitative estimate of drug-likeness (QED) is 0.0312. The van der Waals surface area contributed by atoms with Crippen molar-refractivity contribution < 1.29 is 63.1 Å². The van der Waals surface area contributed by atoms with Crippen molar-refractivity contribution in [1.29, 1.82) is 0 Å². The molecule has 6 unspecified atom stereocenters. The Morgan fingerprint density at radius 2 is 0.918 bits per heavy atom. The first-order valence-electron chi connectivity index (χ1n) is 18.8. The Labute approximate surface area is 293 Å². The minimum absolute atomic E-state index is 0.103. The molecule has 49 heavy (non-hydrogen) atoms. The molecular weight excluding hydrogens is 659 g/mol. The van der Waals surface area contributed by atoms with Crippen LogP contribution in [0.4, 0.5) is 0 Å². The lowest BCUT2D eigenvalue weighted by molar-refractivity contribution is -0.220. The Kier molecular flexibility index (Phi) is 25.7. The molecule has 0 aliphatic heterocycles. The molecule has 1 aliphatic rings. The molecule has 0 amide bonds. The van der Waals surface area contributed by atoms with Crippen LogP contribution < -0.4 is 0 Å². The second-order valence-corrected chi connectivity index (χ2v) is 14.9. The van der Waals surface area contributed by atoms with Crippen LogP contribution in [0.1, 0.15) is 155 Å². The fraction of sp³-hybridized carbons (Fsp3) is 0.943. The van der Waals surface area contributed by atoms with Crippen LogP contribution in [0.25, 0.3) is 0 Å². The summed E-state index contributed by atoms with van der Waals surface area (Å²) in [6, 6.07) is 0. The number of esters is 2. The second kappa shape index (κ2) is 27.5. The number of phosphoric ester groups is 1. The highest BCUT2D eigenvalue weighted by Crippen LogP contribution is 2.47. The number of aliphatic hydroxyl groups excluding tert-OH is 5. The number of ether oxygens (including phenoxy) is 2. The molecule has 14 heteroatoms. The molecular formula is C35H67O13P. The van der Waals surface area contributed by atoms with Gasteiger partial charge in [0.05, 0.1) is 6.61 Å². The van der Waals surface area contributed by atoms with Crippen molar-refractivity contribution in [3.05, 3.63) is 0 Å². The SMILES string of the molecule is CCCCCCCCCCCCCCCC(=O)OC(COC(=O)CCCCCCCCC)COP(=O)(O)OC1C(O)C(O)C(O)C(O)C1O. The predicted molar refractivity (Wildman–Crippen MR) is 184 cm³/mol. The average Bonchev–Trinajstić information content (AvgIpc) is 3.07. The largest absolute Gasteiger partial charge is 0.472 e. The Bertz CT molecular complexity index is 891. The van der Waals surface area contributed by atoms with Crippen LogP contribution in [0.2, 0.25) is 0 Å². The van der Waals surface area contributed by atoms with E-state index in [1.165, 1.54) is 64.2 Å². The molecule has 1 aliphatic carbocycles. The monoisotopic (exact) mass is 726 g/mol. The highest BCUT2D eigenvalue weighted by atomic mass is 31.2. The molecule has 6 atom stereocenters. The number of hydrogen-bond acceptors (Lipinski definition) is 12. The standard InChI is InChI=1S/C35H67O13P/c1-3-5-7-9-11-12-13-14-15-16-18-20-22-24-29(37)47-27(25-45-28(36)23-21-19-17-10-8-6-4-2)26-46-49(43,44)48-35-33(41)31(39)30(38)32(40)34(35)42/h27,30-35,38-42H,3-26H2,1-2H3,(H,43,44). The van der Waals surface area contributed by atoms with Gasteiger partial charge in [-0.1, -0.05) is 129 Å². The van der Waals surface area contributed by atoms with E-state index in [0.29, 0.717) is 12.8 Å². The van der Waals surface area contributed by atoms with Crippen LogP contribution in [-0.4, -0.2) is 98.3 Å². The molecule has 1 saturated carbocycles.